The summed E-state index contributed by atoms with van der Waals surface area (Å²) in [5.74, 6) is 1.33. The van der Waals surface area contributed by atoms with Gasteiger partial charge < -0.3 is 20.2 Å². The molecule has 2 N–H and O–H groups in total. The lowest BCUT2D eigenvalue weighted by Gasteiger charge is -2.35. The summed E-state index contributed by atoms with van der Waals surface area (Å²) in [4.78, 5) is 4.70. The molecule has 1 aliphatic heterocycles. The van der Waals surface area contributed by atoms with E-state index in [-0.39, 0.29) is 0 Å². The first-order valence-electron chi connectivity index (χ1n) is 10.3. The Morgan fingerprint density at radius 2 is 2.19 bits per heavy atom. The largest absolute Gasteiger partial charge is 0.508 e. The van der Waals surface area contributed by atoms with Gasteiger partial charge in [0.15, 0.2) is 5.82 Å². The van der Waals surface area contributed by atoms with Crippen molar-refractivity contribution in [2.45, 2.75) is 58.2 Å². The number of nitrogens with one attached hydrogen (secondary N) is 1. The number of aromatic nitrogens is 2. The first-order chi connectivity index (χ1) is 13.0. The molecular weight excluding hydrogens is 338 g/mol. The fourth-order valence-electron chi connectivity index (χ4n) is 3.90. The Kier molecular flexibility index (Phi) is 6.60. The number of aromatic hydroxyl groups is 1. The molecule has 0 saturated carbocycles. The van der Waals surface area contributed by atoms with E-state index >= 15 is 0 Å². The summed E-state index contributed by atoms with van der Waals surface area (Å²) >= 11 is 0. The normalized spacial score (nSPS) is 18.9. The molecule has 2 heterocycles. The fourth-order valence-corrected chi connectivity index (χ4v) is 3.90. The molecule has 1 fully saturated rings. The number of anilines is 1. The van der Waals surface area contributed by atoms with Gasteiger partial charge in [-0.25, -0.2) is 0 Å². The topological polar surface area (TPSA) is 56.6 Å². The third-order valence-electron chi connectivity index (χ3n) is 5.80. The van der Waals surface area contributed by atoms with Crippen molar-refractivity contribution in [1.29, 1.82) is 0 Å². The van der Waals surface area contributed by atoms with E-state index in [4.69, 9.17) is 5.10 Å². The van der Waals surface area contributed by atoms with Crippen LogP contribution in [0.2, 0.25) is 0 Å². The zero-order chi connectivity index (χ0) is 19.4. The molecule has 1 saturated heterocycles. The number of rotatable bonds is 8. The zero-order valence-corrected chi connectivity index (χ0v) is 17.3. The van der Waals surface area contributed by atoms with Gasteiger partial charge in [0.2, 0.25) is 0 Å². The van der Waals surface area contributed by atoms with Crippen molar-refractivity contribution in [2.24, 2.45) is 0 Å². The minimum Gasteiger partial charge on any atom is -0.508 e. The van der Waals surface area contributed by atoms with E-state index in [1.54, 1.807) is 6.07 Å². The van der Waals surface area contributed by atoms with E-state index in [0.29, 0.717) is 17.8 Å². The molecular formula is C21H35N5O. The average Bonchev–Trinajstić information content (AvgIpc) is 3.02. The second-order valence-electron chi connectivity index (χ2n) is 8.04. The monoisotopic (exact) mass is 373 g/mol. The van der Waals surface area contributed by atoms with Crippen LogP contribution < -0.4 is 10.2 Å². The number of phenolic OH excluding ortho intramolecular Hbond substituents is 1. The number of benzene rings is 1. The Morgan fingerprint density at radius 1 is 1.37 bits per heavy atom. The van der Waals surface area contributed by atoms with Gasteiger partial charge in [0.05, 0.1) is 5.52 Å². The van der Waals surface area contributed by atoms with Crippen LogP contribution >= 0.6 is 0 Å². The molecule has 0 bridgehead atoms. The second kappa shape index (κ2) is 8.93. The highest BCUT2D eigenvalue weighted by molar-refractivity contribution is 5.92. The number of hydrogen-bond donors (Lipinski definition) is 2. The Balaban J connectivity index is 1.96. The molecule has 0 spiro atoms. The minimum absolute atomic E-state index is 0.308. The number of phenols is 1. The van der Waals surface area contributed by atoms with E-state index in [9.17, 15) is 5.11 Å². The van der Waals surface area contributed by atoms with Crippen molar-refractivity contribution in [1.82, 2.24) is 20.0 Å². The smallest absolute Gasteiger partial charge is 0.158 e. The Labute approximate surface area is 163 Å². The van der Waals surface area contributed by atoms with Crippen molar-refractivity contribution in [2.75, 3.05) is 38.6 Å². The van der Waals surface area contributed by atoms with Gasteiger partial charge in [0, 0.05) is 37.1 Å². The summed E-state index contributed by atoms with van der Waals surface area (Å²) in [6.45, 7) is 8.44. The van der Waals surface area contributed by atoms with Gasteiger partial charge in [-0.1, -0.05) is 6.92 Å². The molecule has 3 rings (SSSR count). The van der Waals surface area contributed by atoms with Gasteiger partial charge in [-0.3, -0.25) is 4.68 Å². The van der Waals surface area contributed by atoms with Crippen LogP contribution in [-0.2, 0) is 6.54 Å². The highest BCUT2D eigenvalue weighted by Crippen LogP contribution is 2.32. The molecule has 6 nitrogen and oxygen atoms in total. The maximum Gasteiger partial charge on any atom is 0.158 e. The van der Waals surface area contributed by atoms with Crippen LogP contribution in [0.3, 0.4) is 0 Å². The van der Waals surface area contributed by atoms with E-state index in [1.807, 2.05) is 12.1 Å². The summed E-state index contributed by atoms with van der Waals surface area (Å²) < 4.78 is 2.13. The number of hydrogen-bond acceptors (Lipinski definition) is 5. The quantitative estimate of drug-likeness (QED) is 0.745. The zero-order valence-electron chi connectivity index (χ0n) is 17.3. The average molecular weight is 374 g/mol. The van der Waals surface area contributed by atoms with Crippen LogP contribution in [0.1, 0.15) is 39.5 Å². The SMILES string of the molecule is CCCN(c1nn(CCC(C)N(C)C)c2ccc(O)cc12)C1CCCNC1. The lowest BCUT2D eigenvalue weighted by atomic mass is 10.0. The standard InChI is InChI=1S/C21H35N5O/c1-5-12-25(17-7-6-11-22-15-17)21-19-14-18(27)8-9-20(19)26(23-21)13-10-16(2)24(3)4/h8-9,14,16-17,22,27H,5-7,10-13,15H2,1-4H3. The van der Waals surface area contributed by atoms with Crippen molar-refractivity contribution in [3.05, 3.63) is 18.2 Å². The number of fused-ring (bicyclic) bond motifs is 1. The summed E-state index contributed by atoms with van der Waals surface area (Å²) in [5, 5.41) is 19.7. The highest BCUT2D eigenvalue weighted by atomic mass is 16.3. The molecule has 0 radical (unpaired) electrons. The third-order valence-corrected chi connectivity index (χ3v) is 5.80. The first-order valence-corrected chi connectivity index (χ1v) is 10.3. The second-order valence-corrected chi connectivity index (χ2v) is 8.04. The Hall–Kier alpha value is -1.79. The minimum atomic E-state index is 0.308. The van der Waals surface area contributed by atoms with Crippen LogP contribution in [-0.4, -0.2) is 65.6 Å². The van der Waals surface area contributed by atoms with Crippen molar-refractivity contribution in [3.8, 4) is 5.75 Å². The maximum atomic E-state index is 10.1. The van der Waals surface area contributed by atoms with E-state index in [0.717, 1.165) is 55.7 Å². The number of aryl methyl sites for hydroxylation is 1. The molecule has 6 heteroatoms. The van der Waals surface area contributed by atoms with Gasteiger partial charge >= 0.3 is 0 Å². The third kappa shape index (κ3) is 4.55. The van der Waals surface area contributed by atoms with Crippen molar-refractivity contribution < 1.29 is 5.11 Å². The Bertz CT molecular complexity index is 735. The summed E-state index contributed by atoms with van der Waals surface area (Å²) in [7, 11) is 4.24. The molecule has 27 heavy (non-hydrogen) atoms. The van der Waals surface area contributed by atoms with Crippen LogP contribution in [0.25, 0.3) is 10.9 Å². The van der Waals surface area contributed by atoms with Gasteiger partial charge in [-0.2, -0.15) is 5.10 Å². The predicted octanol–water partition coefficient (Wildman–Crippen LogP) is 3.05. The van der Waals surface area contributed by atoms with Crippen LogP contribution in [0.15, 0.2) is 18.2 Å². The summed E-state index contributed by atoms with van der Waals surface area (Å²) in [6, 6.07) is 6.62. The molecule has 150 valence electrons. The lowest BCUT2D eigenvalue weighted by molar-refractivity contribution is 0.286. The van der Waals surface area contributed by atoms with Crippen LogP contribution in [0, 0.1) is 0 Å². The molecule has 0 amide bonds. The number of piperidine rings is 1. The lowest BCUT2D eigenvalue weighted by Crippen LogP contribution is -2.46. The molecule has 2 unspecified atom stereocenters. The van der Waals surface area contributed by atoms with Crippen LogP contribution in [0.5, 0.6) is 5.75 Å². The first kappa shape index (κ1) is 20.0. The van der Waals surface area contributed by atoms with E-state index in [2.05, 4.69) is 47.7 Å². The van der Waals surface area contributed by atoms with Gasteiger partial charge in [0.1, 0.15) is 5.75 Å². The molecule has 1 aliphatic rings. The Morgan fingerprint density at radius 3 is 2.85 bits per heavy atom. The maximum absolute atomic E-state index is 10.1. The van der Waals surface area contributed by atoms with Crippen molar-refractivity contribution >= 4 is 16.7 Å². The predicted molar refractivity (Wildman–Crippen MR) is 113 cm³/mol. The van der Waals surface area contributed by atoms with Crippen LogP contribution in [0.4, 0.5) is 5.82 Å². The van der Waals surface area contributed by atoms with E-state index in [1.165, 1.54) is 12.8 Å². The van der Waals surface area contributed by atoms with E-state index < -0.39 is 0 Å². The number of nitrogens with zero attached hydrogens (tertiary/aromatic N) is 4. The molecule has 0 aliphatic carbocycles. The van der Waals surface area contributed by atoms with Crippen molar-refractivity contribution in [3.63, 3.8) is 0 Å². The molecule has 2 atom stereocenters. The van der Waals surface area contributed by atoms with Gasteiger partial charge in [-0.05, 0) is 71.4 Å². The summed E-state index contributed by atoms with van der Waals surface area (Å²) in [5.41, 5.74) is 1.11. The molecule has 1 aromatic heterocycles. The molecule has 2 aromatic rings. The summed E-state index contributed by atoms with van der Waals surface area (Å²) in [6.07, 6.45) is 4.52. The molecule has 1 aromatic carbocycles. The fraction of sp³-hybridized carbons (Fsp3) is 0.667. The highest BCUT2D eigenvalue weighted by Gasteiger charge is 2.25. The van der Waals surface area contributed by atoms with Gasteiger partial charge in [-0.15, -0.1) is 0 Å². The van der Waals surface area contributed by atoms with Gasteiger partial charge in [0.25, 0.3) is 0 Å².